The van der Waals surface area contributed by atoms with E-state index in [-0.39, 0.29) is 25.6 Å². The number of likely N-dealkylation sites (N-methyl/N-ethyl adjacent to an activating group) is 1. The highest BCUT2D eigenvalue weighted by molar-refractivity contribution is 7.47. The van der Waals surface area contributed by atoms with Crippen LogP contribution in [0.1, 0.15) is 239 Å². The van der Waals surface area contributed by atoms with Gasteiger partial charge in [0.2, 0.25) is 0 Å². The number of carbonyl (C=O) groups excluding carboxylic acids is 2. The molecule has 57 heavy (non-hydrogen) atoms. The first-order valence-corrected chi connectivity index (χ1v) is 25.8. The maximum Gasteiger partial charge on any atom is 0.472 e. The second kappa shape index (κ2) is 40.4. The molecule has 9 nitrogen and oxygen atoms in total. The van der Waals surface area contributed by atoms with Crippen molar-refractivity contribution in [1.82, 2.24) is 0 Å². The second-order valence-electron chi connectivity index (χ2n) is 17.9. The Morgan fingerprint density at radius 3 is 1.12 bits per heavy atom. The zero-order chi connectivity index (χ0) is 42.1. The van der Waals surface area contributed by atoms with Gasteiger partial charge in [0, 0.05) is 12.8 Å². The fourth-order valence-electron chi connectivity index (χ4n) is 7.08. The molecule has 0 aromatic heterocycles. The molecular weight excluding hydrogens is 737 g/mol. The van der Waals surface area contributed by atoms with Gasteiger partial charge in [-0.15, -0.1) is 0 Å². The molecule has 0 bridgehead atoms. The highest BCUT2D eigenvalue weighted by Gasteiger charge is 2.27. The van der Waals surface area contributed by atoms with E-state index in [2.05, 4.69) is 13.8 Å². The van der Waals surface area contributed by atoms with Crippen molar-refractivity contribution in [3.63, 3.8) is 0 Å². The van der Waals surface area contributed by atoms with E-state index in [1.807, 2.05) is 21.1 Å². The summed E-state index contributed by atoms with van der Waals surface area (Å²) < 4.78 is 34.4. The monoisotopic (exact) mass is 833 g/mol. The molecule has 0 spiro atoms. The van der Waals surface area contributed by atoms with Gasteiger partial charge < -0.3 is 18.9 Å². The molecule has 10 heteroatoms. The average molecular weight is 833 g/mol. The van der Waals surface area contributed by atoms with Gasteiger partial charge in [-0.25, -0.2) is 4.57 Å². The molecule has 0 saturated carbocycles. The van der Waals surface area contributed by atoms with Gasteiger partial charge in [-0.2, -0.15) is 0 Å². The molecule has 0 amide bonds. The van der Waals surface area contributed by atoms with Gasteiger partial charge in [0.1, 0.15) is 19.8 Å². The van der Waals surface area contributed by atoms with Crippen molar-refractivity contribution in [2.24, 2.45) is 0 Å². The van der Waals surface area contributed by atoms with E-state index in [9.17, 15) is 19.0 Å². The third kappa shape index (κ3) is 44.4. The first-order valence-electron chi connectivity index (χ1n) is 24.3. The average Bonchev–Trinajstić information content (AvgIpc) is 3.16. The molecule has 0 radical (unpaired) electrons. The van der Waals surface area contributed by atoms with Crippen molar-refractivity contribution >= 4 is 19.8 Å². The van der Waals surface area contributed by atoms with Crippen LogP contribution in [0.5, 0.6) is 0 Å². The van der Waals surface area contributed by atoms with Crippen LogP contribution in [0, 0.1) is 0 Å². The lowest BCUT2D eigenvalue weighted by molar-refractivity contribution is -0.870. The minimum absolute atomic E-state index is 0.0369. The zero-order valence-electron chi connectivity index (χ0n) is 38.4. The number of hydrogen-bond donors (Lipinski definition) is 1. The van der Waals surface area contributed by atoms with Crippen molar-refractivity contribution < 1.29 is 42.1 Å². The number of phosphoric acid groups is 1. The van der Waals surface area contributed by atoms with E-state index in [4.69, 9.17) is 18.5 Å². The second-order valence-corrected chi connectivity index (χ2v) is 19.3. The van der Waals surface area contributed by atoms with Gasteiger partial charge in [0.25, 0.3) is 0 Å². The predicted octanol–water partition coefficient (Wildman–Crippen LogP) is 14.0. The van der Waals surface area contributed by atoms with Gasteiger partial charge in [-0.05, 0) is 12.8 Å². The first-order chi connectivity index (χ1) is 27.5. The Kier molecular flexibility index (Phi) is 39.7. The Hall–Kier alpha value is -0.990. The molecule has 0 aromatic carbocycles. The Morgan fingerprint density at radius 2 is 0.789 bits per heavy atom. The number of ether oxygens (including phenoxy) is 2. The highest BCUT2D eigenvalue weighted by atomic mass is 31.2. The van der Waals surface area contributed by atoms with Crippen LogP contribution in [0.25, 0.3) is 0 Å². The van der Waals surface area contributed by atoms with Crippen molar-refractivity contribution in [1.29, 1.82) is 0 Å². The van der Waals surface area contributed by atoms with Gasteiger partial charge in [0.05, 0.1) is 27.7 Å². The Labute approximate surface area is 353 Å². The first kappa shape index (κ1) is 56.0. The van der Waals surface area contributed by atoms with Crippen molar-refractivity contribution in [2.45, 2.75) is 245 Å². The van der Waals surface area contributed by atoms with Gasteiger partial charge in [0.15, 0.2) is 6.10 Å². The third-order valence-electron chi connectivity index (χ3n) is 10.9. The molecule has 0 rings (SSSR count). The number of carbonyl (C=O) groups is 2. The van der Waals surface area contributed by atoms with Gasteiger partial charge >= 0.3 is 19.8 Å². The largest absolute Gasteiger partial charge is 0.472 e. The molecule has 2 unspecified atom stereocenters. The van der Waals surface area contributed by atoms with Crippen LogP contribution in [0.2, 0.25) is 0 Å². The standard InChI is InChI=1S/C47H94NO8P/c1-6-8-10-12-14-16-18-20-21-22-23-24-25-26-27-28-30-32-34-36-38-40-47(50)56-45(44-55-57(51,52)54-42-41-48(3,4)5)43-53-46(49)39-37-35-33-31-29-19-17-15-13-11-9-7-2/h45H,6-44H2,1-5H3/p+1. The molecule has 1 N–H and O–H groups in total. The Morgan fingerprint density at radius 1 is 0.474 bits per heavy atom. The molecule has 340 valence electrons. The Bertz CT molecular complexity index is 943. The van der Waals surface area contributed by atoms with Crippen LogP contribution >= 0.6 is 7.82 Å². The number of quaternary nitrogens is 1. The molecule has 0 saturated heterocycles. The summed E-state index contributed by atoms with van der Waals surface area (Å²) in [7, 11) is 1.50. The van der Waals surface area contributed by atoms with E-state index in [0.29, 0.717) is 17.4 Å². The summed E-state index contributed by atoms with van der Waals surface area (Å²) in [5.41, 5.74) is 0. The number of esters is 2. The normalized spacial score (nSPS) is 13.4. The van der Waals surface area contributed by atoms with Crippen molar-refractivity contribution in [3.05, 3.63) is 0 Å². The Balaban J connectivity index is 4.19. The minimum atomic E-state index is -4.37. The van der Waals surface area contributed by atoms with Crippen LogP contribution < -0.4 is 0 Å². The van der Waals surface area contributed by atoms with Gasteiger partial charge in [-0.1, -0.05) is 213 Å². The van der Waals surface area contributed by atoms with Crippen LogP contribution in [0.15, 0.2) is 0 Å². The molecule has 0 fully saturated rings. The van der Waals surface area contributed by atoms with Crippen molar-refractivity contribution in [2.75, 3.05) is 47.5 Å². The highest BCUT2D eigenvalue weighted by Crippen LogP contribution is 2.43. The summed E-state index contributed by atoms with van der Waals surface area (Å²) in [6.07, 6.45) is 41.5. The zero-order valence-corrected chi connectivity index (χ0v) is 39.2. The SMILES string of the molecule is CCCCCCCCCCCCCCCCCCCCCCCC(=O)OC(COC(=O)CCCCCCCCCCCCCC)COP(=O)(O)OCC[N+](C)(C)C. The lowest BCUT2D eigenvalue weighted by Crippen LogP contribution is -2.37. The number of nitrogens with zero attached hydrogens (tertiary/aromatic N) is 1. The van der Waals surface area contributed by atoms with E-state index in [1.54, 1.807) is 0 Å². The molecule has 0 aromatic rings. The lowest BCUT2D eigenvalue weighted by atomic mass is 10.0. The van der Waals surface area contributed by atoms with Gasteiger partial charge in [-0.3, -0.25) is 18.6 Å². The number of phosphoric ester groups is 1. The summed E-state index contributed by atoms with van der Waals surface area (Å²) in [5, 5.41) is 0. The number of rotatable bonds is 45. The maximum atomic E-state index is 12.7. The van der Waals surface area contributed by atoms with E-state index in [0.717, 1.165) is 38.5 Å². The molecular formula is C47H95NO8P+. The lowest BCUT2D eigenvalue weighted by Gasteiger charge is -2.24. The molecule has 0 aliphatic carbocycles. The summed E-state index contributed by atoms with van der Waals surface area (Å²) in [6, 6.07) is 0. The predicted molar refractivity (Wildman–Crippen MR) is 238 cm³/mol. The fourth-order valence-corrected chi connectivity index (χ4v) is 7.82. The minimum Gasteiger partial charge on any atom is -0.462 e. The van der Waals surface area contributed by atoms with Crippen LogP contribution in [-0.4, -0.2) is 74.9 Å². The quantitative estimate of drug-likeness (QED) is 0.0280. The smallest absolute Gasteiger partial charge is 0.462 e. The van der Waals surface area contributed by atoms with Crippen LogP contribution in [0.4, 0.5) is 0 Å². The summed E-state index contributed by atoms with van der Waals surface area (Å²) in [4.78, 5) is 35.4. The maximum absolute atomic E-state index is 12.7. The van der Waals surface area contributed by atoms with Crippen LogP contribution in [0.3, 0.4) is 0 Å². The van der Waals surface area contributed by atoms with E-state index < -0.39 is 26.5 Å². The van der Waals surface area contributed by atoms with Crippen molar-refractivity contribution in [3.8, 4) is 0 Å². The van der Waals surface area contributed by atoms with E-state index in [1.165, 1.54) is 173 Å². The molecule has 0 aliphatic rings. The molecule has 0 aliphatic heterocycles. The topological polar surface area (TPSA) is 108 Å². The number of unbranched alkanes of at least 4 members (excludes halogenated alkanes) is 31. The number of hydrogen-bond acceptors (Lipinski definition) is 7. The third-order valence-corrected chi connectivity index (χ3v) is 11.9. The summed E-state index contributed by atoms with van der Waals surface area (Å²) in [6.45, 7) is 4.47. The van der Waals surface area contributed by atoms with E-state index >= 15 is 0 Å². The van der Waals surface area contributed by atoms with Crippen LogP contribution in [-0.2, 0) is 32.7 Å². The summed E-state index contributed by atoms with van der Waals surface area (Å²) >= 11 is 0. The fraction of sp³-hybridized carbons (Fsp3) is 0.957. The molecule has 0 heterocycles. The summed E-state index contributed by atoms with van der Waals surface area (Å²) in [5.74, 6) is -0.781. The molecule has 2 atom stereocenters.